The van der Waals surface area contributed by atoms with Crippen LogP contribution in [0.25, 0.3) is 0 Å². The van der Waals surface area contributed by atoms with Crippen LogP contribution in [-0.4, -0.2) is 38.6 Å². The summed E-state index contributed by atoms with van der Waals surface area (Å²) in [5.74, 6) is 0.957. The third-order valence-electron chi connectivity index (χ3n) is 3.84. The standard InChI is InChI=1S/C17H24ClN3O3.ClH/c1-11-7-14(15(24-2)8-13(11)18)21-16(22)5-6-20-17(23)10-19-9-12-3-4-12;/h7-8,12,19H,3-6,9-10H2,1-2H3,(H,20,23)(H,21,22);1H. The number of carbonyl (C=O) groups excluding carboxylic acids is 2. The minimum atomic E-state index is -0.193. The smallest absolute Gasteiger partial charge is 0.233 e. The van der Waals surface area contributed by atoms with Crippen LogP contribution in [0.2, 0.25) is 5.02 Å². The summed E-state index contributed by atoms with van der Waals surface area (Å²) in [7, 11) is 1.52. The first-order valence-corrected chi connectivity index (χ1v) is 8.48. The summed E-state index contributed by atoms with van der Waals surface area (Å²) in [5, 5.41) is 9.20. The summed E-state index contributed by atoms with van der Waals surface area (Å²) in [6, 6.07) is 3.43. The average Bonchev–Trinajstić information content (AvgIpc) is 3.35. The number of aryl methyl sites for hydroxylation is 1. The van der Waals surface area contributed by atoms with Crippen molar-refractivity contribution < 1.29 is 14.3 Å². The summed E-state index contributed by atoms with van der Waals surface area (Å²) < 4.78 is 5.22. The van der Waals surface area contributed by atoms with Gasteiger partial charge >= 0.3 is 0 Å². The normalized spacial score (nSPS) is 12.9. The van der Waals surface area contributed by atoms with E-state index in [4.69, 9.17) is 16.3 Å². The van der Waals surface area contributed by atoms with E-state index in [0.29, 0.717) is 29.5 Å². The number of benzene rings is 1. The van der Waals surface area contributed by atoms with Crippen molar-refractivity contribution in [2.45, 2.75) is 26.2 Å². The molecule has 0 spiro atoms. The van der Waals surface area contributed by atoms with Crippen LogP contribution in [0.3, 0.4) is 0 Å². The molecule has 1 saturated carbocycles. The lowest BCUT2D eigenvalue weighted by Crippen LogP contribution is -2.36. The van der Waals surface area contributed by atoms with Gasteiger partial charge in [-0.2, -0.15) is 0 Å². The number of methoxy groups -OCH3 is 1. The molecule has 0 saturated heterocycles. The summed E-state index contributed by atoms with van der Waals surface area (Å²) in [6.45, 7) is 3.34. The first kappa shape index (κ1) is 21.5. The van der Waals surface area contributed by atoms with Gasteiger partial charge in [0.2, 0.25) is 11.8 Å². The van der Waals surface area contributed by atoms with Crippen molar-refractivity contribution in [2.75, 3.05) is 32.1 Å². The molecule has 1 aliphatic carbocycles. The van der Waals surface area contributed by atoms with Gasteiger partial charge in [-0.25, -0.2) is 0 Å². The monoisotopic (exact) mass is 389 g/mol. The van der Waals surface area contributed by atoms with E-state index in [2.05, 4.69) is 16.0 Å². The Kier molecular flexibility index (Phi) is 9.03. The van der Waals surface area contributed by atoms with E-state index in [1.54, 1.807) is 12.1 Å². The van der Waals surface area contributed by atoms with Crippen LogP contribution in [0.5, 0.6) is 5.75 Å². The molecule has 1 aromatic rings. The van der Waals surface area contributed by atoms with Gasteiger partial charge in [0.1, 0.15) is 5.75 Å². The number of hydrogen-bond donors (Lipinski definition) is 3. The fourth-order valence-corrected chi connectivity index (χ4v) is 2.39. The Morgan fingerprint density at radius 2 is 2.00 bits per heavy atom. The van der Waals surface area contributed by atoms with Crippen LogP contribution in [0, 0.1) is 12.8 Å². The van der Waals surface area contributed by atoms with Crippen molar-refractivity contribution >= 4 is 41.5 Å². The number of carbonyl (C=O) groups is 2. The van der Waals surface area contributed by atoms with Crippen LogP contribution < -0.4 is 20.7 Å². The average molecular weight is 390 g/mol. The minimum Gasteiger partial charge on any atom is -0.495 e. The lowest BCUT2D eigenvalue weighted by Gasteiger charge is -2.12. The fourth-order valence-electron chi connectivity index (χ4n) is 2.23. The molecule has 0 heterocycles. The van der Waals surface area contributed by atoms with Crippen molar-refractivity contribution in [3.05, 3.63) is 22.7 Å². The number of anilines is 1. The summed E-state index contributed by atoms with van der Waals surface area (Å²) >= 11 is 6.04. The van der Waals surface area contributed by atoms with E-state index < -0.39 is 0 Å². The second-order valence-corrected chi connectivity index (χ2v) is 6.43. The van der Waals surface area contributed by atoms with Gasteiger partial charge in [-0.05, 0) is 43.9 Å². The molecule has 0 aliphatic heterocycles. The topological polar surface area (TPSA) is 79.5 Å². The highest BCUT2D eigenvalue weighted by Crippen LogP contribution is 2.31. The second-order valence-electron chi connectivity index (χ2n) is 6.02. The number of ether oxygens (including phenoxy) is 1. The Labute approximate surface area is 159 Å². The second kappa shape index (κ2) is 10.5. The van der Waals surface area contributed by atoms with Crippen LogP contribution in [0.1, 0.15) is 24.8 Å². The number of hydrogen-bond acceptors (Lipinski definition) is 4. The van der Waals surface area contributed by atoms with Gasteiger partial charge in [-0.1, -0.05) is 11.6 Å². The first-order chi connectivity index (χ1) is 11.5. The number of amides is 2. The van der Waals surface area contributed by atoms with Crippen LogP contribution in [0.15, 0.2) is 12.1 Å². The molecule has 25 heavy (non-hydrogen) atoms. The molecule has 0 atom stereocenters. The van der Waals surface area contributed by atoms with Crippen molar-refractivity contribution in [1.82, 2.24) is 10.6 Å². The maximum atomic E-state index is 12.0. The molecule has 6 nitrogen and oxygen atoms in total. The molecule has 2 amide bonds. The summed E-state index contributed by atoms with van der Waals surface area (Å²) in [5.41, 5.74) is 1.42. The van der Waals surface area contributed by atoms with Crippen molar-refractivity contribution in [3.63, 3.8) is 0 Å². The van der Waals surface area contributed by atoms with Crippen molar-refractivity contribution in [3.8, 4) is 5.75 Å². The van der Waals surface area contributed by atoms with Crippen LogP contribution in [0.4, 0.5) is 5.69 Å². The van der Waals surface area contributed by atoms with E-state index in [0.717, 1.165) is 18.0 Å². The van der Waals surface area contributed by atoms with Gasteiger partial charge in [0.05, 0.1) is 19.3 Å². The molecule has 0 aromatic heterocycles. The zero-order valence-electron chi connectivity index (χ0n) is 14.5. The Hall–Kier alpha value is -1.50. The zero-order valence-corrected chi connectivity index (χ0v) is 16.1. The molecule has 1 fully saturated rings. The largest absolute Gasteiger partial charge is 0.495 e. The lowest BCUT2D eigenvalue weighted by molar-refractivity contribution is -0.120. The fraction of sp³-hybridized carbons (Fsp3) is 0.529. The Bertz CT molecular complexity index is 607. The quantitative estimate of drug-likeness (QED) is 0.606. The van der Waals surface area contributed by atoms with Crippen LogP contribution in [-0.2, 0) is 9.59 Å². The Morgan fingerprint density at radius 3 is 2.64 bits per heavy atom. The molecule has 0 unspecified atom stereocenters. The maximum absolute atomic E-state index is 12.0. The van der Waals surface area contributed by atoms with Crippen molar-refractivity contribution in [1.29, 1.82) is 0 Å². The highest BCUT2D eigenvalue weighted by Gasteiger charge is 2.20. The van der Waals surface area contributed by atoms with E-state index >= 15 is 0 Å². The molecular weight excluding hydrogens is 365 g/mol. The van der Waals surface area contributed by atoms with Gasteiger partial charge in [0, 0.05) is 24.1 Å². The molecule has 1 aliphatic rings. The van der Waals surface area contributed by atoms with Gasteiger partial charge in [0.15, 0.2) is 0 Å². The number of halogens is 2. The predicted molar refractivity (Wildman–Crippen MR) is 102 cm³/mol. The number of rotatable bonds is 9. The summed E-state index contributed by atoms with van der Waals surface area (Å²) in [6.07, 6.45) is 2.70. The minimum absolute atomic E-state index is 0. The van der Waals surface area contributed by atoms with E-state index in [1.165, 1.54) is 20.0 Å². The third-order valence-corrected chi connectivity index (χ3v) is 4.25. The van der Waals surface area contributed by atoms with Gasteiger partial charge < -0.3 is 20.7 Å². The zero-order chi connectivity index (χ0) is 17.5. The van der Waals surface area contributed by atoms with Gasteiger partial charge in [-0.3, -0.25) is 9.59 Å². The van der Waals surface area contributed by atoms with Crippen LogP contribution >= 0.6 is 24.0 Å². The molecule has 8 heteroatoms. The molecule has 2 rings (SSSR count). The molecular formula is C17H25Cl2N3O3. The summed E-state index contributed by atoms with van der Waals surface area (Å²) in [4.78, 5) is 23.6. The molecule has 3 N–H and O–H groups in total. The SMILES string of the molecule is COc1cc(Cl)c(C)cc1NC(=O)CCNC(=O)CNCC1CC1.Cl. The lowest BCUT2D eigenvalue weighted by atomic mass is 10.2. The number of nitrogens with one attached hydrogen (secondary N) is 3. The maximum Gasteiger partial charge on any atom is 0.233 e. The highest BCUT2D eigenvalue weighted by atomic mass is 35.5. The highest BCUT2D eigenvalue weighted by molar-refractivity contribution is 6.31. The first-order valence-electron chi connectivity index (χ1n) is 8.11. The molecule has 1 aromatic carbocycles. The van der Waals surface area contributed by atoms with Gasteiger partial charge in [0.25, 0.3) is 0 Å². The third kappa shape index (κ3) is 7.50. The Balaban J connectivity index is 0.00000312. The van der Waals surface area contributed by atoms with Gasteiger partial charge in [-0.15, -0.1) is 12.4 Å². The van der Waals surface area contributed by atoms with E-state index in [-0.39, 0.29) is 30.6 Å². The van der Waals surface area contributed by atoms with E-state index in [1.807, 2.05) is 6.92 Å². The van der Waals surface area contributed by atoms with Crippen molar-refractivity contribution in [2.24, 2.45) is 5.92 Å². The Morgan fingerprint density at radius 1 is 1.28 bits per heavy atom. The predicted octanol–water partition coefficient (Wildman–Crippen LogP) is 2.52. The van der Waals surface area contributed by atoms with E-state index in [9.17, 15) is 9.59 Å². The molecule has 0 bridgehead atoms. The molecule has 0 radical (unpaired) electrons. The molecule has 140 valence electrons.